The molecular weight excluding hydrogens is 531 g/mol. The van der Waals surface area contributed by atoms with Crippen molar-refractivity contribution in [3.63, 3.8) is 0 Å². The molecule has 0 aliphatic rings. The molecule has 0 aliphatic carbocycles. The van der Waals surface area contributed by atoms with Crippen LogP contribution in [0.1, 0.15) is 134 Å². The lowest BCUT2D eigenvalue weighted by atomic mass is 9.89. The summed E-state index contributed by atoms with van der Waals surface area (Å²) in [6.45, 7) is 5.46. The highest BCUT2D eigenvalue weighted by atomic mass is 19.1. The van der Waals surface area contributed by atoms with Crippen LogP contribution in [0.25, 0.3) is 0 Å². The molecule has 2 aromatic rings. The smallest absolute Gasteiger partial charge is 0.340 e. The third kappa shape index (κ3) is 9.69. The minimum Gasteiger partial charge on any atom is -0.504 e. The van der Waals surface area contributed by atoms with Crippen LogP contribution in [0.5, 0.6) is 17.2 Å². The van der Waals surface area contributed by atoms with Gasteiger partial charge >= 0.3 is 11.9 Å². The molecule has 0 spiro atoms. The second-order valence-corrected chi connectivity index (χ2v) is 10.0. The topological polar surface area (TPSA) is 127 Å². The molecule has 2 aromatic carbocycles. The summed E-state index contributed by atoms with van der Waals surface area (Å²) in [6.07, 6.45) is 5.84. The van der Waals surface area contributed by atoms with Gasteiger partial charge in [-0.3, -0.25) is 14.4 Å². The minimum atomic E-state index is -1.15. The fraction of sp³-hybridized carbons (Fsp3) is 0.500. The van der Waals surface area contributed by atoms with Gasteiger partial charge in [0.25, 0.3) is 0 Å². The Morgan fingerprint density at radius 2 is 1.29 bits per heavy atom. The van der Waals surface area contributed by atoms with E-state index in [-0.39, 0.29) is 19.3 Å². The quantitative estimate of drug-likeness (QED) is 0.0614. The molecule has 0 unspecified atom stereocenters. The number of ether oxygens (including phenoxy) is 2. The standard InChI is InChI=1S/C32H41FO8/c1-4-7-10-16-23(34)26-28(32(39)40-20-21-14-13-15-22(33)19-21)27(24(35)17-11-8-5-2)31(30(38)29(26)37)41-25(36)18-12-9-6-3/h13-15,19,37-38H,4-12,16-18,20H2,1-3H3. The molecule has 0 saturated carbocycles. The fourth-order valence-corrected chi connectivity index (χ4v) is 4.40. The van der Waals surface area contributed by atoms with Gasteiger partial charge in [-0.15, -0.1) is 0 Å². The van der Waals surface area contributed by atoms with Crippen molar-refractivity contribution in [1.29, 1.82) is 0 Å². The first-order valence-electron chi connectivity index (χ1n) is 14.5. The van der Waals surface area contributed by atoms with E-state index in [0.29, 0.717) is 37.7 Å². The van der Waals surface area contributed by atoms with Gasteiger partial charge in [-0.1, -0.05) is 71.4 Å². The summed E-state index contributed by atoms with van der Waals surface area (Å²) in [5.74, 6) is -6.39. The number of halogens is 1. The van der Waals surface area contributed by atoms with Crippen molar-refractivity contribution in [2.45, 2.75) is 104 Å². The highest BCUT2D eigenvalue weighted by Crippen LogP contribution is 2.46. The van der Waals surface area contributed by atoms with Gasteiger partial charge in [0.05, 0.1) is 16.7 Å². The maximum atomic E-state index is 13.7. The number of Topliss-reactive ketones (excluding diaryl/α,β-unsaturated/α-hetero) is 2. The van der Waals surface area contributed by atoms with Crippen LogP contribution in [0.4, 0.5) is 4.39 Å². The lowest BCUT2D eigenvalue weighted by Crippen LogP contribution is -2.21. The van der Waals surface area contributed by atoms with Gasteiger partial charge in [0.2, 0.25) is 5.75 Å². The summed E-state index contributed by atoms with van der Waals surface area (Å²) >= 11 is 0. The molecule has 0 amide bonds. The van der Waals surface area contributed by atoms with Crippen LogP contribution in [0, 0.1) is 5.82 Å². The SMILES string of the molecule is CCCCCC(=O)Oc1c(O)c(O)c(C(=O)CCCCC)c(C(=O)OCc2cccc(F)c2)c1C(=O)CCCCC. The maximum Gasteiger partial charge on any atom is 0.340 e. The zero-order valence-corrected chi connectivity index (χ0v) is 24.2. The van der Waals surface area contributed by atoms with Crippen molar-refractivity contribution in [1.82, 2.24) is 0 Å². The molecule has 41 heavy (non-hydrogen) atoms. The van der Waals surface area contributed by atoms with E-state index in [0.717, 1.165) is 25.7 Å². The third-order valence-electron chi connectivity index (χ3n) is 6.64. The van der Waals surface area contributed by atoms with Crippen molar-refractivity contribution in [3.8, 4) is 17.2 Å². The largest absolute Gasteiger partial charge is 0.504 e. The number of carbonyl (C=O) groups is 4. The number of unbranched alkanes of at least 4 members (excludes halogenated alkanes) is 6. The summed E-state index contributed by atoms with van der Waals surface area (Å²) in [5.41, 5.74) is -1.30. The fourth-order valence-electron chi connectivity index (χ4n) is 4.40. The number of hydrogen-bond acceptors (Lipinski definition) is 8. The Morgan fingerprint density at radius 3 is 1.85 bits per heavy atom. The first kappa shape index (κ1) is 33.5. The predicted octanol–water partition coefficient (Wildman–Crippen LogP) is 7.61. The summed E-state index contributed by atoms with van der Waals surface area (Å²) in [7, 11) is 0. The Balaban J connectivity index is 2.69. The monoisotopic (exact) mass is 572 g/mol. The Bertz CT molecular complexity index is 1220. The van der Waals surface area contributed by atoms with Crippen molar-refractivity contribution < 1.29 is 43.3 Å². The molecule has 0 aromatic heterocycles. The highest BCUT2D eigenvalue weighted by Gasteiger charge is 2.36. The molecule has 9 heteroatoms. The Hall–Kier alpha value is -3.75. The van der Waals surface area contributed by atoms with Gasteiger partial charge in [0.15, 0.2) is 23.1 Å². The normalized spacial score (nSPS) is 10.8. The van der Waals surface area contributed by atoms with Gasteiger partial charge in [-0.25, -0.2) is 9.18 Å². The molecule has 8 nitrogen and oxygen atoms in total. The summed E-state index contributed by atoms with van der Waals surface area (Å²) in [4.78, 5) is 53.1. The molecule has 0 radical (unpaired) electrons. The molecular formula is C32H41FO8. The second-order valence-electron chi connectivity index (χ2n) is 10.0. The van der Waals surface area contributed by atoms with Gasteiger partial charge in [0.1, 0.15) is 12.4 Å². The number of phenolic OH excluding ortho intramolecular Hbond substituents is 2. The van der Waals surface area contributed by atoms with E-state index < -0.39 is 69.9 Å². The number of phenols is 2. The van der Waals surface area contributed by atoms with Crippen LogP contribution < -0.4 is 4.74 Å². The van der Waals surface area contributed by atoms with Crippen molar-refractivity contribution in [2.24, 2.45) is 0 Å². The van der Waals surface area contributed by atoms with Crippen molar-refractivity contribution >= 4 is 23.5 Å². The summed E-state index contributed by atoms with van der Waals surface area (Å²) < 4.78 is 24.5. The molecule has 0 saturated heterocycles. The maximum absolute atomic E-state index is 13.7. The van der Waals surface area contributed by atoms with E-state index in [9.17, 15) is 33.8 Å². The van der Waals surface area contributed by atoms with E-state index in [2.05, 4.69) is 0 Å². The lowest BCUT2D eigenvalue weighted by Gasteiger charge is -2.20. The lowest BCUT2D eigenvalue weighted by molar-refractivity contribution is -0.134. The molecule has 0 bridgehead atoms. The molecule has 0 atom stereocenters. The number of esters is 2. The number of rotatable bonds is 18. The average molecular weight is 573 g/mol. The van der Waals surface area contributed by atoms with E-state index in [1.165, 1.54) is 24.3 Å². The molecule has 0 fully saturated rings. The molecule has 0 aliphatic heterocycles. The van der Waals surface area contributed by atoms with Gasteiger partial charge in [0, 0.05) is 19.3 Å². The van der Waals surface area contributed by atoms with Crippen LogP contribution in [0.2, 0.25) is 0 Å². The zero-order chi connectivity index (χ0) is 30.4. The molecule has 224 valence electrons. The number of aromatic hydroxyl groups is 2. The number of benzene rings is 2. The Kier molecular flexibility index (Phi) is 14.0. The highest BCUT2D eigenvalue weighted by molar-refractivity contribution is 6.17. The van der Waals surface area contributed by atoms with E-state index in [1.807, 2.05) is 20.8 Å². The molecule has 2 rings (SSSR count). The van der Waals surface area contributed by atoms with Crippen molar-refractivity contribution in [3.05, 3.63) is 52.3 Å². The van der Waals surface area contributed by atoms with Crippen molar-refractivity contribution in [2.75, 3.05) is 0 Å². The van der Waals surface area contributed by atoms with Gasteiger partial charge in [-0.05, 0) is 37.0 Å². The third-order valence-corrected chi connectivity index (χ3v) is 6.64. The summed E-state index contributed by atoms with van der Waals surface area (Å²) in [5, 5.41) is 21.9. The van der Waals surface area contributed by atoms with Crippen LogP contribution in [-0.2, 0) is 16.1 Å². The van der Waals surface area contributed by atoms with E-state index in [4.69, 9.17) is 9.47 Å². The average Bonchev–Trinajstić information content (AvgIpc) is 2.94. The minimum absolute atomic E-state index is 0.0193. The van der Waals surface area contributed by atoms with Crippen LogP contribution in [-0.4, -0.2) is 33.7 Å². The van der Waals surface area contributed by atoms with Crippen LogP contribution in [0.15, 0.2) is 24.3 Å². The first-order valence-corrected chi connectivity index (χ1v) is 14.5. The first-order chi connectivity index (χ1) is 19.7. The van der Waals surface area contributed by atoms with Gasteiger partial charge < -0.3 is 19.7 Å². The Labute approximate surface area is 240 Å². The molecule has 0 heterocycles. The predicted molar refractivity (Wildman–Crippen MR) is 152 cm³/mol. The van der Waals surface area contributed by atoms with E-state index in [1.54, 1.807) is 0 Å². The number of ketones is 2. The number of hydrogen-bond donors (Lipinski definition) is 2. The number of carbonyl (C=O) groups excluding carboxylic acids is 4. The van der Waals surface area contributed by atoms with Crippen LogP contribution in [0.3, 0.4) is 0 Å². The zero-order valence-electron chi connectivity index (χ0n) is 24.2. The summed E-state index contributed by atoms with van der Waals surface area (Å²) in [6, 6.07) is 5.36. The second kappa shape index (κ2) is 17.1. The van der Waals surface area contributed by atoms with Crippen LogP contribution >= 0.6 is 0 Å². The van der Waals surface area contributed by atoms with Gasteiger partial charge in [-0.2, -0.15) is 0 Å². The van der Waals surface area contributed by atoms with E-state index >= 15 is 0 Å². The Morgan fingerprint density at radius 1 is 0.732 bits per heavy atom. The molecule has 2 N–H and O–H groups in total.